The Labute approximate surface area is 359 Å². The third kappa shape index (κ3) is 19.6. The minimum Gasteiger partial charge on any atom is -0.463 e. The standard InChI is InChI=1S/C40H60N2O20/c1-21(43)53-19-29-33(55-23(3)45)35(57-25(5)47)37(59-27(7)49)39(61-29)41-31(51)17-15-13-11-9-10-12-14-16-18-32(52)42-40-38(60-28(8)50)36(58-26(6)48)34(56-24(4)46)30(62-40)20-54-22(2)44/h29-30,33-40H,9-20H2,1-8H3,(H,41,51)(H,42,52)/t29-,30-,33-,34-,35+,36+,37-,38-,39-,40-/m1/s1. The Morgan fingerprint density at radius 1 is 0.355 bits per heavy atom. The second kappa shape index (κ2) is 26.8. The Kier molecular flexibility index (Phi) is 22.8. The quantitative estimate of drug-likeness (QED) is 0.0830. The van der Waals surface area contributed by atoms with Gasteiger partial charge in [0.15, 0.2) is 49.1 Å². The molecule has 0 aromatic carbocycles. The summed E-state index contributed by atoms with van der Waals surface area (Å²) in [5, 5.41) is 5.28. The van der Waals surface area contributed by atoms with Crippen molar-refractivity contribution in [3.63, 3.8) is 0 Å². The maximum absolute atomic E-state index is 13.0. The Morgan fingerprint density at radius 2 is 0.613 bits per heavy atom. The highest BCUT2D eigenvalue weighted by molar-refractivity contribution is 5.77. The molecular formula is C40H60N2O20. The normalized spacial score (nSPS) is 25.4. The average Bonchev–Trinajstić information content (AvgIpc) is 3.14. The molecule has 2 heterocycles. The van der Waals surface area contributed by atoms with E-state index in [1.807, 2.05) is 0 Å². The lowest BCUT2D eigenvalue weighted by atomic mass is 9.97. The fourth-order valence-electron chi connectivity index (χ4n) is 6.78. The highest BCUT2D eigenvalue weighted by atomic mass is 16.7. The summed E-state index contributed by atoms with van der Waals surface area (Å²) < 4.78 is 54.1. The largest absolute Gasteiger partial charge is 0.463 e. The predicted octanol–water partition coefficient (Wildman–Crippen LogP) is 1.29. The zero-order valence-corrected chi connectivity index (χ0v) is 36.4. The number of amides is 2. The van der Waals surface area contributed by atoms with Gasteiger partial charge in [-0.3, -0.25) is 47.9 Å². The van der Waals surface area contributed by atoms with Gasteiger partial charge in [-0.05, 0) is 12.8 Å². The Balaban J connectivity index is 1.88. The number of nitrogens with one attached hydrogen (secondary N) is 2. The van der Waals surface area contributed by atoms with Crippen LogP contribution >= 0.6 is 0 Å². The van der Waals surface area contributed by atoms with Crippen molar-refractivity contribution >= 4 is 59.6 Å². The van der Waals surface area contributed by atoms with E-state index in [9.17, 15) is 47.9 Å². The second-order valence-electron chi connectivity index (χ2n) is 14.7. The molecule has 0 spiro atoms. The van der Waals surface area contributed by atoms with Gasteiger partial charge in [-0.2, -0.15) is 0 Å². The van der Waals surface area contributed by atoms with Crippen molar-refractivity contribution in [1.82, 2.24) is 10.6 Å². The lowest BCUT2D eigenvalue weighted by Crippen LogP contribution is -2.66. The molecule has 2 N–H and O–H groups in total. The van der Waals surface area contributed by atoms with Crippen LogP contribution in [0.1, 0.15) is 120 Å². The van der Waals surface area contributed by atoms with E-state index in [0.717, 1.165) is 81.1 Å². The third-order valence-electron chi connectivity index (χ3n) is 9.15. The van der Waals surface area contributed by atoms with Gasteiger partial charge in [0.05, 0.1) is 0 Å². The number of unbranched alkanes of at least 4 members (excludes halogenated alkanes) is 7. The van der Waals surface area contributed by atoms with Crippen molar-refractivity contribution in [2.45, 2.75) is 181 Å². The molecule has 0 saturated carbocycles. The molecule has 62 heavy (non-hydrogen) atoms. The average molecular weight is 889 g/mol. The molecule has 0 radical (unpaired) electrons. The maximum Gasteiger partial charge on any atom is 0.303 e. The highest BCUT2D eigenvalue weighted by Crippen LogP contribution is 2.30. The molecule has 0 aromatic rings. The van der Waals surface area contributed by atoms with Gasteiger partial charge in [0.2, 0.25) is 11.8 Å². The summed E-state index contributed by atoms with van der Waals surface area (Å²) in [6.07, 6.45) is -7.57. The number of carbonyl (C=O) groups excluding carboxylic acids is 10. The fraction of sp³-hybridized carbons (Fsp3) is 0.750. The molecule has 2 saturated heterocycles. The first-order chi connectivity index (χ1) is 29.2. The van der Waals surface area contributed by atoms with Crippen molar-refractivity contribution in [3.05, 3.63) is 0 Å². The zero-order chi connectivity index (χ0) is 46.5. The van der Waals surface area contributed by atoms with Crippen molar-refractivity contribution in [2.24, 2.45) is 0 Å². The first-order valence-electron chi connectivity index (χ1n) is 20.4. The number of esters is 8. The summed E-state index contributed by atoms with van der Waals surface area (Å²) in [7, 11) is 0. The number of ether oxygens (including phenoxy) is 10. The summed E-state index contributed by atoms with van der Waals surface area (Å²) in [5.74, 6) is -6.99. The minimum atomic E-state index is -1.41. The minimum absolute atomic E-state index is 0.0710. The van der Waals surface area contributed by atoms with E-state index in [4.69, 9.17) is 47.4 Å². The van der Waals surface area contributed by atoms with Crippen LogP contribution in [0.4, 0.5) is 0 Å². The molecular weight excluding hydrogens is 828 g/mol. The molecule has 0 unspecified atom stereocenters. The predicted molar refractivity (Wildman–Crippen MR) is 206 cm³/mol. The van der Waals surface area contributed by atoms with Crippen LogP contribution in [0, 0.1) is 0 Å². The van der Waals surface area contributed by atoms with E-state index in [2.05, 4.69) is 10.6 Å². The molecule has 350 valence electrons. The van der Waals surface area contributed by atoms with Gasteiger partial charge in [-0.1, -0.05) is 38.5 Å². The lowest BCUT2D eigenvalue weighted by Gasteiger charge is -2.44. The van der Waals surface area contributed by atoms with Gasteiger partial charge in [0, 0.05) is 68.2 Å². The molecule has 22 nitrogen and oxygen atoms in total. The Morgan fingerprint density at radius 3 is 0.887 bits per heavy atom. The number of hydrogen-bond donors (Lipinski definition) is 2. The van der Waals surface area contributed by atoms with E-state index in [0.29, 0.717) is 25.7 Å². The van der Waals surface area contributed by atoms with E-state index >= 15 is 0 Å². The number of carbonyl (C=O) groups is 10. The molecule has 0 aliphatic carbocycles. The second-order valence-corrected chi connectivity index (χ2v) is 14.7. The van der Waals surface area contributed by atoms with E-state index in [-0.39, 0.29) is 12.8 Å². The van der Waals surface area contributed by atoms with E-state index in [1.165, 1.54) is 0 Å². The topological polar surface area (TPSA) is 287 Å². The van der Waals surface area contributed by atoms with Gasteiger partial charge >= 0.3 is 47.8 Å². The summed E-state index contributed by atoms with van der Waals surface area (Å²) in [6.45, 7) is 8.06. The first kappa shape index (κ1) is 52.8. The SMILES string of the molecule is CC(=O)OC[C@H]1O[C@@H](NC(=O)CCCCCCCCCCC(=O)N[C@@H]2O[C@H](COC(C)=O)[C@@H](OC(C)=O)[C@H](OC(C)=O)[C@H]2OC(C)=O)[C@H](OC(C)=O)[C@@H](OC(C)=O)[C@@H]1OC(C)=O. The van der Waals surface area contributed by atoms with Crippen LogP contribution in [-0.4, -0.2) is 134 Å². The van der Waals surface area contributed by atoms with Gasteiger partial charge < -0.3 is 58.0 Å². The summed E-state index contributed by atoms with van der Waals surface area (Å²) >= 11 is 0. The van der Waals surface area contributed by atoms with Crippen LogP contribution < -0.4 is 10.6 Å². The third-order valence-corrected chi connectivity index (χ3v) is 9.15. The molecule has 22 heteroatoms. The van der Waals surface area contributed by atoms with Crippen molar-refractivity contribution in [2.75, 3.05) is 13.2 Å². The van der Waals surface area contributed by atoms with E-state index in [1.54, 1.807) is 0 Å². The smallest absolute Gasteiger partial charge is 0.303 e. The lowest BCUT2D eigenvalue weighted by molar-refractivity contribution is -0.257. The molecule has 2 rings (SSSR count). The summed E-state index contributed by atoms with van der Waals surface area (Å²) in [5.41, 5.74) is 0. The molecule has 2 fully saturated rings. The maximum atomic E-state index is 13.0. The van der Waals surface area contributed by atoms with Crippen LogP contribution in [-0.2, 0) is 95.3 Å². The van der Waals surface area contributed by atoms with Crippen LogP contribution in [0.25, 0.3) is 0 Å². The van der Waals surface area contributed by atoms with Crippen LogP contribution in [0.15, 0.2) is 0 Å². The van der Waals surface area contributed by atoms with Crippen LogP contribution in [0.3, 0.4) is 0 Å². The molecule has 10 atom stereocenters. The van der Waals surface area contributed by atoms with Crippen molar-refractivity contribution < 1.29 is 95.3 Å². The van der Waals surface area contributed by atoms with Gasteiger partial charge in [-0.15, -0.1) is 0 Å². The zero-order valence-electron chi connectivity index (χ0n) is 36.4. The highest BCUT2D eigenvalue weighted by Gasteiger charge is 2.54. The first-order valence-corrected chi connectivity index (χ1v) is 20.4. The Hall–Kier alpha value is -5.38. The van der Waals surface area contributed by atoms with Crippen LogP contribution in [0.5, 0.6) is 0 Å². The number of hydrogen-bond acceptors (Lipinski definition) is 20. The van der Waals surface area contributed by atoms with Gasteiger partial charge in [0.1, 0.15) is 25.4 Å². The monoisotopic (exact) mass is 888 g/mol. The summed E-state index contributed by atoms with van der Waals surface area (Å²) in [4.78, 5) is 121. The van der Waals surface area contributed by atoms with Crippen molar-refractivity contribution in [3.8, 4) is 0 Å². The van der Waals surface area contributed by atoms with E-state index < -0.39 is 134 Å². The molecule has 2 aliphatic heterocycles. The fourth-order valence-corrected chi connectivity index (χ4v) is 6.78. The Bertz CT molecular complexity index is 1470. The summed E-state index contributed by atoms with van der Waals surface area (Å²) in [6, 6.07) is 0. The molecule has 0 bridgehead atoms. The van der Waals surface area contributed by atoms with Crippen molar-refractivity contribution in [1.29, 1.82) is 0 Å². The number of rotatable bonds is 23. The molecule has 2 aliphatic rings. The van der Waals surface area contributed by atoms with Gasteiger partial charge in [0.25, 0.3) is 0 Å². The van der Waals surface area contributed by atoms with Crippen LogP contribution in [0.2, 0.25) is 0 Å². The van der Waals surface area contributed by atoms with Gasteiger partial charge in [-0.25, -0.2) is 0 Å². The molecule has 2 amide bonds. The molecule has 0 aromatic heterocycles.